The van der Waals surface area contributed by atoms with Crippen LogP contribution in [0, 0.1) is 14.9 Å². The van der Waals surface area contributed by atoms with Crippen molar-refractivity contribution in [2.24, 2.45) is 0 Å². The second-order valence-corrected chi connectivity index (χ2v) is 4.01. The highest BCUT2D eigenvalue weighted by Gasteiger charge is 2.06. The van der Waals surface area contributed by atoms with Gasteiger partial charge in [-0.05, 0) is 47.7 Å². The van der Waals surface area contributed by atoms with Gasteiger partial charge in [0, 0.05) is 0 Å². The average molecular weight is 331 g/mol. The second-order valence-electron chi connectivity index (χ2n) is 2.85. The van der Waals surface area contributed by atoms with Gasteiger partial charge in [-0.15, -0.1) is 0 Å². The Kier molecular flexibility index (Phi) is 5.05. The molecule has 0 atom stereocenters. The van der Waals surface area contributed by atoms with Gasteiger partial charge in [-0.25, -0.2) is 4.79 Å². The number of benzene rings is 1. The van der Waals surface area contributed by atoms with E-state index in [2.05, 4.69) is 22.6 Å². The SMILES string of the molecule is CCOC(=O)COc1cc(C#N)ccc1I. The minimum Gasteiger partial charge on any atom is -0.481 e. The first kappa shape index (κ1) is 12.8. The summed E-state index contributed by atoms with van der Waals surface area (Å²) in [7, 11) is 0. The van der Waals surface area contributed by atoms with Crippen LogP contribution < -0.4 is 4.74 Å². The van der Waals surface area contributed by atoms with E-state index >= 15 is 0 Å². The molecule has 0 amide bonds. The zero-order chi connectivity index (χ0) is 12.0. The lowest BCUT2D eigenvalue weighted by Crippen LogP contribution is -2.15. The first-order valence-electron chi connectivity index (χ1n) is 4.65. The van der Waals surface area contributed by atoms with Gasteiger partial charge < -0.3 is 9.47 Å². The third-order valence-corrected chi connectivity index (χ3v) is 2.60. The number of esters is 1. The maximum absolute atomic E-state index is 11.1. The minimum absolute atomic E-state index is 0.140. The summed E-state index contributed by atoms with van der Waals surface area (Å²) in [5, 5.41) is 8.71. The lowest BCUT2D eigenvalue weighted by Gasteiger charge is -2.07. The Hall–Kier alpha value is -1.29. The number of hydrogen-bond donors (Lipinski definition) is 0. The van der Waals surface area contributed by atoms with Crippen molar-refractivity contribution in [1.29, 1.82) is 5.26 Å². The van der Waals surface area contributed by atoms with Crippen LogP contribution in [0.5, 0.6) is 5.75 Å². The fraction of sp³-hybridized carbons (Fsp3) is 0.273. The van der Waals surface area contributed by atoms with Crippen molar-refractivity contribution in [3.63, 3.8) is 0 Å². The third kappa shape index (κ3) is 3.70. The van der Waals surface area contributed by atoms with Gasteiger partial charge in [0.05, 0.1) is 21.8 Å². The van der Waals surface area contributed by atoms with Crippen LogP contribution in [0.15, 0.2) is 18.2 Å². The molecule has 0 radical (unpaired) electrons. The molecule has 0 bridgehead atoms. The molecular formula is C11H10INO3. The van der Waals surface area contributed by atoms with Gasteiger partial charge in [0.2, 0.25) is 0 Å². The van der Waals surface area contributed by atoms with Crippen molar-refractivity contribution in [3.8, 4) is 11.8 Å². The summed E-state index contributed by atoms with van der Waals surface area (Å²) in [4.78, 5) is 11.1. The highest BCUT2D eigenvalue weighted by Crippen LogP contribution is 2.21. The fourth-order valence-electron chi connectivity index (χ4n) is 1.02. The van der Waals surface area contributed by atoms with Crippen molar-refractivity contribution in [1.82, 2.24) is 0 Å². The maximum atomic E-state index is 11.1. The number of rotatable bonds is 4. The van der Waals surface area contributed by atoms with Crippen molar-refractivity contribution < 1.29 is 14.3 Å². The van der Waals surface area contributed by atoms with E-state index in [-0.39, 0.29) is 6.61 Å². The topological polar surface area (TPSA) is 59.3 Å². The number of carbonyl (C=O) groups excluding carboxylic acids is 1. The van der Waals surface area contributed by atoms with E-state index in [0.29, 0.717) is 17.9 Å². The Morgan fingerprint density at radius 2 is 2.31 bits per heavy atom. The lowest BCUT2D eigenvalue weighted by atomic mass is 10.2. The molecule has 0 saturated heterocycles. The highest BCUT2D eigenvalue weighted by molar-refractivity contribution is 14.1. The summed E-state index contributed by atoms with van der Waals surface area (Å²) in [5.74, 6) is 0.105. The zero-order valence-electron chi connectivity index (χ0n) is 8.70. The van der Waals surface area contributed by atoms with Crippen molar-refractivity contribution >= 4 is 28.6 Å². The summed E-state index contributed by atoms with van der Waals surface area (Å²) in [6, 6.07) is 7.06. The second kappa shape index (κ2) is 6.33. The first-order chi connectivity index (χ1) is 7.67. The Morgan fingerprint density at radius 1 is 1.56 bits per heavy atom. The number of ether oxygens (including phenoxy) is 2. The molecule has 84 valence electrons. The number of nitriles is 1. The molecule has 0 aromatic heterocycles. The van der Waals surface area contributed by atoms with Crippen molar-refractivity contribution in [2.75, 3.05) is 13.2 Å². The predicted molar refractivity (Wildman–Crippen MR) is 66.0 cm³/mol. The Labute approximate surface area is 107 Å². The molecule has 1 aromatic rings. The van der Waals surface area contributed by atoms with E-state index in [4.69, 9.17) is 14.7 Å². The largest absolute Gasteiger partial charge is 0.481 e. The van der Waals surface area contributed by atoms with Crippen LogP contribution in [-0.2, 0) is 9.53 Å². The first-order valence-corrected chi connectivity index (χ1v) is 5.73. The molecule has 0 aliphatic rings. The number of carbonyl (C=O) groups is 1. The van der Waals surface area contributed by atoms with E-state index in [9.17, 15) is 4.79 Å². The summed E-state index contributed by atoms with van der Waals surface area (Å²) in [6.07, 6.45) is 0. The smallest absolute Gasteiger partial charge is 0.344 e. The van der Waals surface area contributed by atoms with Crippen molar-refractivity contribution in [3.05, 3.63) is 27.3 Å². The summed E-state index contributed by atoms with van der Waals surface area (Å²) < 4.78 is 10.8. The molecule has 4 nitrogen and oxygen atoms in total. The van der Waals surface area contributed by atoms with Gasteiger partial charge in [-0.2, -0.15) is 5.26 Å². The van der Waals surface area contributed by atoms with Gasteiger partial charge >= 0.3 is 5.97 Å². The summed E-state index contributed by atoms with van der Waals surface area (Å²) in [6.45, 7) is 1.92. The van der Waals surface area contributed by atoms with E-state index < -0.39 is 5.97 Å². The van der Waals surface area contributed by atoms with Crippen LogP contribution in [0.25, 0.3) is 0 Å². The molecule has 0 unspecified atom stereocenters. The molecule has 0 fully saturated rings. The Balaban J connectivity index is 2.66. The molecule has 0 heterocycles. The minimum atomic E-state index is -0.416. The number of hydrogen-bond acceptors (Lipinski definition) is 4. The molecule has 0 saturated carbocycles. The zero-order valence-corrected chi connectivity index (χ0v) is 10.9. The lowest BCUT2D eigenvalue weighted by molar-refractivity contribution is -0.145. The molecule has 0 N–H and O–H groups in total. The Bertz CT molecular complexity index is 426. The monoisotopic (exact) mass is 331 g/mol. The van der Waals surface area contributed by atoms with Crippen LogP contribution in [0.1, 0.15) is 12.5 Å². The quantitative estimate of drug-likeness (QED) is 0.626. The summed E-state index contributed by atoms with van der Waals surface area (Å²) in [5.41, 5.74) is 0.499. The predicted octanol–water partition coefficient (Wildman–Crippen LogP) is 2.10. The van der Waals surface area contributed by atoms with Crippen LogP contribution >= 0.6 is 22.6 Å². The van der Waals surface area contributed by atoms with E-state index in [1.54, 1.807) is 25.1 Å². The molecule has 0 aliphatic carbocycles. The van der Waals surface area contributed by atoms with E-state index in [0.717, 1.165) is 3.57 Å². The van der Waals surface area contributed by atoms with E-state index in [1.165, 1.54) is 0 Å². The molecule has 1 rings (SSSR count). The van der Waals surface area contributed by atoms with Crippen LogP contribution in [0.4, 0.5) is 0 Å². The number of nitrogens with zero attached hydrogens (tertiary/aromatic N) is 1. The molecule has 0 spiro atoms. The molecule has 1 aromatic carbocycles. The average Bonchev–Trinajstić information content (AvgIpc) is 2.28. The van der Waals surface area contributed by atoms with Gasteiger partial charge in [0.25, 0.3) is 0 Å². The third-order valence-electron chi connectivity index (χ3n) is 1.71. The fourth-order valence-corrected chi connectivity index (χ4v) is 1.51. The standard InChI is InChI=1S/C11H10INO3/c1-2-15-11(14)7-16-10-5-8(6-13)3-4-9(10)12/h3-5H,2,7H2,1H3. The molecule has 16 heavy (non-hydrogen) atoms. The van der Waals surface area contributed by atoms with Crippen LogP contribution in [-0.4, -0.2) is 19.2 Å². The van der Waals surface area contributed by atoms with Crippen LogP contribution in [0.2, 0.25) is 0 Å². The molecule has 0 aliphatic heterocycles. The maximum Gasteiger partial charge on any atom is 0.344 e. The normalized spacial score (nSPS) is 9.31. The summed E-state index contributed by atoms with van der Waals surface area (Å²) >= 11 is 2.07. The molecule has 5 heteroatoms. The highest BCUT2D eigenvalue weighted by atomic mass is 127. The molecular weight excluding hydrogens is 321 g/mol. The van der Waals surface area contributed by atoms with Gasteiger partial charge in [-0.1, -0.05) is 0 Å². The van der Waals surface area contributed by atoms with E-state index in [1.807, 2.05) is 6.07 Å². The van der Waals surface area contributed by atoms with Gasteiger partial charge in [0.15, 0.2) is 6.61 Å². The number of halogens is 1. The van der Waals surface area contributed by atoms with Crippen LogP contribution in [0.3, 0.4) is 0 Å². The van der Waals surface area contributed by atoms with Crippen molar-refractivity contribution in [2.45, 2.75) is 6.92 Å². The Morgan fingerprint density at radius 3 is 2.94 bits per heavy atom. The van der Waals surface area contributed by atoms with Gasteiger partial charge in [-0.3, -0.25) is 0 Å². The van der Waals surface area contributed by atoms with Gasteiger partial charge in [0.1, 0.15) is 5.75 Å².